The molecule has 2 saturated carbocycles. The molecule has 3 atom stereocenters. The maximum absolute atomic E-state index is 6.20. The molecule has 1 aromatic heterocycles. The SMILES string of the molecule is CNc1nnc(COC2CC3CCC2(C)C3(C)C)s1. The molecule has 5 heteroatoms. The summed E-state index contributed by atoms with van der Waals surface area (Å²) < 4.78 is 6.20. The van der Waals surface area contributed by atoms with Crippen LogP contribution in [0.15, 0.2) is 0 Å². The van der Waals surface area contributed by atoms with Crippen molar-refractivity contribution in [3.63, 3.8) is 0 Å². The van der Waals surface area contributed by atoms with Crippen molar-refractivity contribution in [1.82, 2.24) is 10.2 Å². The Balaban J connectivity index is 1.66. The number of ether oxygens (including phenoxy) is 1. The van der Waals surface area contributed by atoms with Crippen LogP contribution in [0.3, 0.4) is 0 Å². The smallest absolute Gasteiger partial charge is 0.205 e. The average molecular weight is 281 g/mol. The summed E-state index contributed by atoms with van der Waals surface area (Å²) in [6.45, 7) is 7.84. The molecule has 19 heavy (non-hydrogen) atoms. The zero-order valence-corrected chi connectivity index (χ0v) is 13.0. The fraction of sp³-hybridized carbons (Fsp3) is 0.857. The van der Waals surface area contributed by atoms with Crippen LogP contribution in [-0.2, 0) is 11.3 Å². The molecule has 1 heterocycles. The van der Waals surface area contributed by atoms with Gasteiger partial charge in [0.15, 0.2) is 0 Å². The van der Waals surface area contributed by atoms with Crippen LogP contribution in [0.5, 0.6) is 0 Å². The molecule has 106 valence electrons. The van der Waals surface area contributed by atoms with Gasteiger partial charge < -0.3 is 10.1 Å². The molecule has 0 radical (unpaired) electrons. The lowest BCUT2D eigenvalue weighted by Crippen LogP contribution is -2.37. The van der Waals surface area contributed by atoms with E-state index >= 15 is 0 Å². The highest BCUT2D eigenvalue weighted by molar-refractivity contribution is 7.15. The highest BCUT2D eigenvalue weighted by atomic mass is 32.1. The van der Waals surface area contributed by atoms with Crippen molar-refractivity contribution >= 4 is 16.5 Å². The van der Waals surface area contributed by atoms with Gasteiger partial charge >= 0.3 is 0 Å². The number of rotatable bonds is 4. The first-order valence-corrected chi connectivity index (χ1v) is 7.91. The zero-order chi connectivity index (χ0) is 13.7. The molecule has 4 nitrogen and oxygen atoms in total. The van der Waals surface area contributed by atoms with E-state index in [-0.39, 0.29) is 0 Å². The molecular formula is C14H23N3OS. The summed E-state index contributed by atoms with van der Waals surface area (Å²) in [6, 6.07) is 0. The topological polar surface area (TPSA) is 47.0 Å². The normalized spacial score (nSPS) is 35.8. The number of nitrogens with one attached hydrogen (secondary N) is 1. The predicted molar refractivity (Wildman–Crippen MR) is 77.3 cm³/mol. The standard InChI is InChI=1S/C14H23N3OS/c1-13(2)9-5-6-14(13,3)10(7-9)18-8-11-16-17-12(15-4)19-11/h9-10H,5-8H2,1-4H3,(H,15,17). The number of hydrogen-bond acceptors (Lipinski definition) is 5. The minimum absolute atomic E-state index is 0.328. The van der Waals surface area contributed by atoms with E-state index in [4.69, 9.17) is 4.74 Å². The zero-order valence-electron chi connectivity index (χ0n) is 12.2. The number of nitrogens with zero attached hydrogens (tertiary/aromatic N) is 2. The van der Waals surface area contributed by atoms with Crippen LogP contribution in [0.1, 0.15) is 45.0 Å². The third-order valence-electron chi connectivity index (χ3n) is 5.80. The van der Waals surface area contributed by atoms with E-state index in [0.29, 0.717) is 23.5 Å². The van der Waals surface area contributed by atoms with E-state index in [0.717, 1.165) is 16.1 Å². The summed E-state index contributed by atoms with van der Waals surface area (Å²) in [5.41, 5.74) is 0.739. The van der Waals surface area contributed by atoms with E-state index in [9.17, 15) is 0 Å². The third kappa shape index (κ3) is 1.89. The summed E-state index contributed by atoms with van der Waals surface area (Å²) in [5.74, 6) is 0.824. The largest absolute Gasteiger partial charge is 0.370 e. The Labute approximate surface area is 119 Å². The molecule has 0 aromatic carbocycles. The van der Waals surface area contributed by atoms with Gasteiger partial charge in [-0.05, 0) is 36.0 Å². The van der Waals surface area contributed by atoms with Crippen molar-refractivity contribution in [2.75, 3.05) is 12.4 Å². The molecule has 1 N–H and O–H groups in total. The Morgan fingerprint density at radius 3 is 2.68 bits per heavy atom. The van der Waals surface area contributed by atoms with Crippen LogP contribution >= 0.6 is 11.3 Å². The van der Waals surface area contributed by atoms with Gasteiger partial charge in [0, 0.05) is 7.05 Å². The molecule has 1 aromatic rings. The van der Waals surface area contributed by atoms with Crippen molar-refractivity contribution in [3.05, 3.63) is 5.01 Å². The van der Waals surface area contributed by atoms with Crippen LogP contribution in [-0.4, -0.2) is 23.3 Å². The molecule has 3 rings (SSSR count). The first-order valence-electron chi connectivity index (χ1n) is 7.09. The number of anilines is 1. The first-order chi connectivity index (χ1) is 8.97. The molecule has 2 aliphatic carbocycles. The number of fused-ring (bicyclic) bond motifs is 2. The van der Waals surface area contributed by atoms with Gasteiger partial charge in [-0.1, -0.05) is 32.1 Å². The molecule has 2 fully saturated rings. The lowest BCUT2D eigenvalue weighted by Gasteiger charge is -2.38. The molecule has 2 aliphatic rings. The summed E-state index contributed by atoms with van der Waals surface area (Å²) >= 11 is 1.58. The number of aromatic nitrogens is 2. The lowest BCUT2D eigenvalue weighted by molar-refractivity contribution is -0.0552. The quantitative estimate of drug-likeness (QED) is 0.919. The Kier molecular flexibility index (Phi) is 3.09. The maximum Gasteiger partial charge on any atom is 0.205 e. The molecule has 0 saturated heterocycles. The Hall–Kier alpha value is -0.680. The van der Waals surface area contributed by atoms with Gasteiger partial charge in [0.2, 0.25) is 5.13 Å². The van der Waals surface area contributed by atoms with Crippen LogP contribution in [0, 0.1) is 16.7 Å². The van der Waals surface area contributed by atoms with Gasteiger partial charge in [-0.15, -0.1) is 10.2 Å². The maximum atomic E-state index is 6.20. The number of hydrogen-bond donors (Lipinski definition) is 1. The van der Waals surface area contributed by atoms with Gasteiger partial charge in [0.1, 0.15) is 11.6 Å². The van der Waals surface area contributed by atoms with Crippen molar-refractivity contribution in [2.24, 2.45) is 16.7 Å². The molecule has 2 bridgehead atoms. The third-order valence-corrected chi connectivity index (χ3v) is 6.72. The highest BCUT2D eigenvalue weighted by Gasteiger charge is 2.61. The first kappa shape index (κ1) is 13.3. The van der Waals surface area contributed by atoms with Crippen molar-refractivity contribution in [2.45, 2.75) is 52.7 Å². The van der Waals surface area contributed by atoms with Crippen molar-refractivity contribution in [3.8, 4) is 0 Å². The van der Waals surface area contributed by atoms with Crippen molar-refractivity contribution < 1.29 is 4.74 Å². The average Bonchev–Trinajstić information content (AvgIpc) is 2.97. The van der Waals surface area contributed by atoms with Crippen molar-refractivity contribution in [1.29, 1.82) is 0 Å². The van der Waals surface area contributed by atoms with Gasteiger partial charge in [-0.3, -0.25) is 0 Å². The summed E-state index contributed by atoms with van der Waals surface area (Å²) in [6.07, 6.45) is 4.25. The predicted octanol–water partition coefficient (Wildman–Crippen LogP) is 3.31. The van der Waals surface area contributed by atoms with E-state index in [1.165, 1.54) is 19.3 Å². The molecule has 0 aliphatic heterocycles. The summed E-state index contributed by atoms with van der Waals surface area (Å²) in [4.78, 5) is 0. The second kappa shape index (κ2) is 4.42. The van der Waals surface area contributed by atoms with Gasteiger partial charge in [-0.25, -0.2) is 0 Å². The van der Waals surface area contributed by atoms with Crippen LogP contribution < -0.4 is 5.32 Å². The van der Waals surface area contributed by atoms with Gasteiger partial charge in [0.05, 0.1) is 6.10 Å². The minimum atomic E-state index is 0.328. The molecule has 0 amide bonds. The van der Waals surface area contributed by atoms with E-state index in [1.54, 1.807) is 11.3 Å². The summed E-state index contributed by atoms with van der Waals surface area (Å²) in [7, 11) is 1.87. The highest BCUT2D eigenvalue weighted by Crippen LogP contribution is 2.66. The second-order valence-electron chi connectivity index (χ2n) is 6.66. The fourth-order valence-electron chi connectivity index (χ4n) is 3.97. The fourth-order valence-corrected chi connectivity index (χ4v) is 4.58. The van der Waals surface area contributed by atoms with Gasteiger partial charge in [-0.2, -0.15) is 0 Å². The van der Waals surface area contributed by atoms with E-state index in [1.807, 2.05) is 7.05 Å². The second-order valence-corrected chi connectivity index (χ2v) is 7.72. The monoisotopic (exact) mass is 281 g/mol. The summed E-state index contributed by atoms with van der Waals surface area (Å²) in [5, 5.41) is 13.0. The van der Waals surface area contributed by atoms with Gasteiger partial charge in [0.25, 0.3) is 0 Å². The van der Waals surface area contributed by atoms with E-state index < -0.39 is 0 Å². The van der Waals surface area contributed by atoms with E-state index in [2.05, 4.69) is 36.3 Å². The molecule has 3 unspecified atom stereocenters. The Bertz CT molecular complexity index is 473. The van der Waals surface area contributed by atoms with Crippen LogP contribution in [0.2, 0.25) is 0 Å². The molecular weight excluding hydrogens is 258 g/mol. The van der Waals surface area contributed by atoms with Crippen LogP contribution in [0.4, 0.5) is 5.13 Å². The Morgan fingerprint density at radius 2 is 2.16 bits per heavy atom. The minimum Gasteiger partial charge on any atom is -0.370 e. The Morgan fingerprint density at radius 1 is 1.37 bits per heavy atom. The van der Waals surface area contributed by atoms with Crippen LogP contribution in [0.25, 0.3) is 0 Å². The molecule has 0 spiro atoms. The lowest BCUT2D eigenvalue weighted by atomic mass is 9.70.